The van der Waals surface area contributed by atoms with E-state index in [1.165, 1.54) is 4.57 Å². The molecule has 1 aromatic carbocycles. The lowest BCUT2D eigenvalue weighted by molar-refractivity contribution is -0.422. The number of esters is 1. The van der Waals surface area contributed by atoms with E-state index in [0.29, 0.717) is 5.82 Å². The summed E-state index contributed by atoms with van der Waals surface area (Å²) in [5, 5.41) is 21.9. The van der Waals surface area contributed by atoms with Gasteiger partial charge in [-0.1, -0.05) is 0 Å². The predicted octanol–water partition coefficient (Wildman–Crippen LogP) is 1.72. The largest absolute Gasteiger partial charge is 0.465 e. The van der Waals surface area contributed by atoms with Gasteiger partial charge in [0.15, 0.2) is 0 Å². The van der Waals surface area contributed by atoms with Gasteiger partial charge in [0.1, 0.15) is 12.4 Å². The third-order valence-corrected chi connectivity index (χ3v) is 3.02. The molecule has 0 saturated heterocycles. The van der Waals surface area contributed by atoms with Crippen LogP contribution < -0.4 is 0 Å². The molecule has 0 saturated carbocycles. The number of aromatic nitrogens is 2. The fourth-order valence-corrected chi connectivity index (χ4v) is 2.10. The Balaban J connectivity index is 2.62. The molecule has 0 aliphatic heterocycles. The highest BCUT2D eigenvalue weighted by Crippen LogP contribution is 2.32. The molecule has 0 aliphatic carbocycles. The van der Waals surface area contributed by atoms with E-state index in [-0.39, 0.29) is 24.2 Å². The molecule has 0 aliphatic rings. The van der Waals surface area contributed by atoms with Crippen molar-refractivity contribution in [2.45, 2.75) is 20.4 Å². The molecular weight excluding hydrogens is 296 g/mol. The van der Waals surface area contributed by atoms with Crippen molar-refractivity contribution < 1.29 is 19.4 Å². The Kier molecular flexibility index (Phi) is 4.02. The van der Waals surface area contributed by atoms with E-state index in [1.54, 1.807) is 13.8 Å². The molecule has 0 bridgehead atoms. The van der Waals surface area contributed by atoms with Gasteiger partial charge in [-0.25, -0.2) is 4.98 Å². The molecule has 0 atom stereocenters. The van der Waals surface area contributed by atoms with Gasteiger partial charge >= 0.3 is 17.3 Å². The molecule has 1 heterocycles. The number of nitro benzene ring substituents is 2. The minimum Gasteiger partial charge on any atom is -0.465 e. The molecule has 116 valence electrons. The van der Waals surface area contributed by atoms with E-state index in [1.807, 2.05) is 0 Å². The average Bonchev–Trinajstić information content (AvgIpc) is 2.73. The standard InChI is InChI=1S/C12H12N4O6/c1-3-22-12(17)6-14-7(2)13-8-4-10(15(18)19)11(16(20)21)5-9(8)14/h4-5H,3,6H2,1-2H3. The van der Waals surface area contributed by atoms with Crippen molar-refractivity contribution >= 4 is 28.4 Å². The Morgan fingerprint density at radius 1 is 1.27 bits per heavy atom. The second-order valence-electron chi connectivity index (χ2n) is 4.39. The SMILES string of the molecule is CCOC(=O)Cn1c(C)nc2cc([N+](=O)[O-])c([N+](=O)[O-])cc21. The summed E-state index contributed by atoms with van der Waals surface area (Å²) < 4.78 is 6.25. The Labute approximate surface area is 123 Å². The van der Waals surface area contributed by atoms with Crippen LogP contribution in [0.15, 0.2) is 12.1 Å². The minimum absolute atomic E-state index is 0.175. The van der Waals surface area contributed by atoms with Gasteiger partial charge in [0, 0.05) is 6.07 Å². The van der Waals surface area contributed by atoms with Gasteiger partial charge in [0.2, 0.25) is 0 Å². The van der Waals surface area contributed by atoms with E-state index in [2.05, 4.69) is 4.98 Å². The topological polar surface area (TPSA) is 130 Å². The van der Waals surface area contributed by atoms with Crippen LogP contribution in [0.4, 0.5) is 11.4 Å². The monoisotopic (exact) mass is 308 g/mol. The van der Waals surface area contributed by atoms with Gasteiger partial charge in [-0.15, -0.1) is 0 Å². The molecular formula is C12H12N4O6. The summed E-state index contributed by atoms with van der Waals surface area (Å²) in [6.45, 7) is 3.28. The van der Waals surface area contributed by atoms with Crippen molar-refractivity contribution in [1.82, 2.24) is 9.55 Å². The van der Waals surface area contributed by atoms with E-state index in [9.17, 15) is 25.0 Å². The van der Waals surface area contributed by atoms with Crippen molar-refractivity contribution in [3.8, 4) is 0 Å². The average molecular weight is 308 g/mol. The van der Waals surface area contributed by atoms with Crippen LogP contribution in [0, 0.1) is 27.2 Å². The Morgan fingerprint density at radius 3 is 2.41 bits per heavy atom. The smallest absolute Gasteiger partial charge is 0.348 e. The van der Waals surface area contributed by atoms with Gasteiger partial charge in [-0.2, -0.15) is 0 Å². The predicted molar refractivity (Wildman–Crippen MR) is 74.4 cm³/mol. The molecule has 10 nitrogen and oxygen atoms in total. The molecule has 1 aromatic heterocycles. The zero-order valence-electron chi connectivity index (χ0n) is 11.8. The van der Waals surface area contributed by atoms with Crippen LogP contribution in [0.25, 0.3) is 11.0 Å². The van der Waals surface area contributed by atoms with E-state index >= 15 is 0 Å². The number of benzene rings is 1. The van der Waals surface area contributed by atoms with Crippen molar-refractivity contribution in [3.63, 3.8) is 0 Å². The fraction of sp³-hybridized carbons (Fsp3) is 0.333. The number of imidazole rings is 1. The first-order valence-corrected chi connectivity index (χ1v) is 6.30. The number of hydrogen-bond acceptors (Lipinski definition) is 7. The number of nitrogens with zero attached hydrogens (tertiary/aromatic N) is 4. The maximum absolute atomic E-state index is 11.6. The molecule has 0 radical (unpaired) electrons. The van der Waals surface area contributed by atoms with Crippen LogP contribution in [0.3, 0.4) is 0 Å². The molecule has 2 aromatic rings. The third kappa shape index (κ3) is 2.71. The molecule has 0 amide bonds. The molecule has 10 heteroatoms. The van der Waals surface area contributed by atoms with Gasteiger partial charge < -0.3 is 9.30 Å². The molecule has 0 N–H and O–H groups in total. The summed E-state index contributed by atoms with van der Waals surface area (Å²) in [7, 11) is 0. The van der Waals surface area contributed by atoms with Gasteiger partial charge in [0.05, 0.1) is 33.6 Å². The van der Waals surface area contributed by atoms with Crippen LogP contribution in [0.1, 0.15) is 12.7 Å². The Hall–Kier alpha value is -3.04. The minimum atomic E-state index is -0.839. The normalized spacial score (nSPS) is 10.6. The lowest BCUT2D eigenvalue weighted by atomic mass is 10.2. The number of carbonyl (C=O) groups is 1. The second-order valence-corrected chi connectivity index (χ2v) is 4.39. The Bertz CT molecular complexity index is 782. The van der Waals surface area contributed by atoms with Gasteiger partial charge in [-0.3, -0.25) is 25.0 Å². The van der Waals surface area contributed by atoms with E-state index < -0.39 is 27.2 Å². The summed E-state index contributed by atoms with van der Waals surface area (Å²) in [5.41, 5.74) is -0.817. The van der Waals surface area contributed by atoms with Crippen LogP contribution in [0.2, 0.25) is 0 Å². The number of fused-ring (bicyclic) bond motifs is 1. The molecule has 0 unspecified atom stereocenters. The molecule has 22 heavy (non-hydrogen) atoms. The van der Waals surface area contributed by atoms with E-state index in [0.717, 1.165) is 12.1 Å². The maximum atomic E-state index is 11.6. The zero-order chi connectivity index (χ0) is 16.4. The van der Waals surface area contributed by atoms with Crippen LogP contribution >= 0.6 is 0 Å². The maximum Gasteiger partial charge on any atom is 0.348 e. The quantitative estimate of drug-likeness (QED) is 0.467. The number of rotatable bonds is 5. The summed E-state index contributed by atoms with van der Waals surface area (Å²) in [6.07, 6.45) is 0. The zero-order valence-corrected chi connectivity index (χ0v) is 11.8. The van der Waals surface area contributed by atoms with Crippen LogP contribution in [0.5, 0.6) is 0 Å². The number of ether oxygens (including phenoxy) is 1. The first-order chi connectivity index (χ1) is 10.3. The summed E-state index contributed by atoms with van der Waals surface area (Å²) in [4.78, 5) is 35.9. The number of nitro groups is 2. The first kappa shape index (κ1) is 15.4. The molecule has 0 fully saturated rings. The van der Waals surface area contributed by atoms with Crippen molar-refractivity contribution in [1.29, 1.82) is 0 Å². The highest BCUT2D eigenvalue weighted by atomic mass is 16.6. The number of aryl methyl sites for hydroxylation is 1. The highest BCUT2D eigenvalue weighted by molar-refractivity contribution is 5.84. The fourth-order valence-electron chi connectivity index (χ4n) is 2.10. The summed E-state index contributed by atoms with van der Waals surface area (Å²) in [5.74, 6) is -0.122. The second kappa shape index (κ2) is 5.76. The van der Waals surface area contributed by atoms with Crippen LogP contribution in [-0.2, 0) is 16.1 Å². The summed E-state index contributed by atoms with van der Waals surface area (Å²) >= 11 is 0. The van der Waals surface area contributed by atoms with Crippen molar-refractivity contribution in [3.05, 3.63) is 38.2 Å². The number of hydrogen-bond donors (Lipinski definition) is 0. The lowest BCUT2D eigenvalue weighted by Gasteiger charge is -2.06. The Morgan fingerprint density at radius 2 is 1.86 bits per heavy atom. The van der Waals surface area contributed by atoms with E-state index in [4.69, 9.17) is 4.74 Å². The molecule has 2 rings (SSSR count). The highest BCUT2D eigenvalue weighted by Gasteiger charge is 2.27. The van der Waals surface area contributed by atoms with Gasteiger partial charge in [0.25, 0.3) is 0 Å². The number of carbonyl (C=O) groups excluding carboxylic acids is 1. The van der Waals surface area contributed by atoms with Crippen molar-refractivity contribution in [2.75, 3.05) is 6.61 Å². The first-order valence-electron chi connectivity index (χ1n) is 6.30. The van der Waals surface area contributed by atoms with Crippen molar-refractivity contribution in [2.24, 2.45) is 0 Å². The third-order valence-electron chi connectivity index (χ3n) is 3.02. The molecule has 0 spiro atoms. The summed E-state index contributed by atoms with van der Waals surface area (Å²) in [6, 6.07) is 2.08. The lowest BCUT2D eigenvalue weighted by Crippen LogP contribution is -2.14. The van der Waals surface area contributed by atoms with Crippen LogP contribution in [-0.4, -0.2) is 32.0 Å². The van der Waals surface area contributed by atoms with Gasteiger partial charge in [-0.05, 0) is 13.8 Å².